The molecule has 3 nitrogen and oxygen atoms in total. The lowest BCUT2D eigenvalue weighted by Gasteiger charge is -2.40. The summed E-state index contributed by atoms with van der Waals surface area (Å²) in [4.78, 5) is 5.05. The molecule has 1 aliphatic heterocycles. The number of hydrogen-bond donors (Lipinski definition) is 1. The molecule has 0 bridgehead atoms. The summed E-state index contributed by atoms with van der Waals surface area (Å²) in [6.07, 6.45) is 7.14. The molecule has 0 unspecified atom stereocenters. The van der Waals surface area contributed by atoms with Gasteiger partial charge in [0, 0.05) is 38.8 Å². The summed E-state index contributed by atoms with van der Waals surface area (Å²) in [7, 11) is 0. The highest BCUT2D eigenvalue weighted by Crippen LogP contribution is 2.23. The summed E-state index contributed by atoms with van der Waals surface area (Å²) in [5, 5.41) is 8.88. The van der Waals surface area contributed by atoms with E-state index in [0.717, 1.165) is 25.7 Å². The van der Waals surface area contributed by atoms with Crippen LogP contribution in [0.3, 0.4) is 0 Å². The molecule has 1 N–H and O–H groups in total. The highest BCUT2D eigenvalue weighted by Gasteiger charge is 2.24. The van der Waals surface area contributed by atoms with Crippen LogP contribution in [0, 0.1) is 0 Å². The predicted molar refractivity (Wildman–Crippen MR) is 62.0 cm³/mol. The molecule has 2 fully saturated rings. The van der Waals surface area contributed by atoms with Gasteiger partial charge in [0.2, 0.25) is 0 Å². The molecule has 1 saturated heterocycles. The summed E-state index contributed by atoms with van der Waals surface area (Å²) < 4.78 is 0. The maximum Gasteiger partial charge on any atom is 0.0558 e. The summed E-state index contributed by atoms with van der Waals surface area (Å²) in [6, 6.07) is 0.870. The topological polar surface area (TPSA) is 26.7 Å². The van der Waals surface area contributed by atoms with Gasteiger partial charge in [-0.05, 0) is 12.8 Å². The Kier molecular flexibility index (Phi) is 4.42. The van der Waals surface area contributed by atoms with Crippen molar-refractivity contribution in [2.45, 2.75) is 38.1 Å². The Morgan fingerprint density at radius 3 is 2.20 bits per heavy atom. The van der Waals surface area contributed by atoms with E-state index in [2.05, 4.69) is 9.80 Å². The van der Waals surface area contributed by atoms with Gasteiger partial charge in [0.05, 0.1) is 6.61 Å². The fourth-order valence-corrected chi connectivity index (χ4v) is 2.94. The summed E-state index contributed by atoms with van der Waals surface area (Å²) in [5.41, 5.74) is 0. The summed E-state index contributed by atoms with van der Waals surface area (Å²) >= 11 is 0. The van der Waals surface area contributed by atoms with E-state index in [4.69, 9.17) is 5.11 Å². The average Bonchev–Trinajstić information content (AvgIpc) is 2.32. The fourth-order valence-electron chi connectivity index (χ4n) is 2.94. The molecule has 0 aromatic rings. The van der Waals surface area contributed by atoms with E-state index in [9.17, 15) is 0 Å². The number of aliphatic hydroxyl groups is 1. The Morgan fingerprint density at radius 2 is 1.60 bits per heavy atom. The molecule has 0 amide bonds. The van der Waals surface area contributed by atoms with Crippen LogP contribution in [-0.2, 0) is 0 Å². The molecule has 88 valence electrons. The van der Waals surface area contributed by atoms with Gasteiger partial charge in [-0.25, -0.2) is 0 Å². The van der Waals surface area contributed by atoms with Gasteiger partial charge >= 0.3 is 0 Å². The molecular weight excluding hydrogens is 188 g/mol. The second-order valence-electron chi connectivity index (χ2n) is 4.89. The number of piperazine rings is 1. The molecule has 2 rings (SSSR count). The van der Waals surface area contributed by atoms with Crippen LogP contribution in [0.15, 0.2) is 0 Å². The van der Waals surface area contributed by atoms with Crippen molar-refractivity contribution in [2.75, 3.05) is 39.3 Å². The molecule has 1 heterocycles. The van der Waals surface area contributed by atoms with Crippen LogP contribution in [0.25, 0.3) is 0 Å². The minimum atomic E-state index is 0.309. The molecule has 0 aromatic carbocycles. The van der Waals surface area contributed by atoms with Crippen molar-refractivity contribution < 1.29 is 5.11 Å². The quantitative estimate of drug-likeness (QED) is 0.754. The Morgan fingerprint density at radius 1 is 0.933 bits per heavy atom. The summed E-state index contributed by atoms with van der Waals surface area (Å²) in [5.74, 6) is 0. The van der Waals surface area contributed by atoms with E-state index in [-0.39, 0.29) is 0 Å². The van der Waals surface area contributed by atoms with Crippen molar-refractivity contribution in [1.29, 1.82) is 0 Å². The second-order valence-corrected chi connectivity index (χ2v) is 4.89. The first-order valence-electron chi connectivity index (χ1n) is 6.47. The minimum Gasteiger partial charge on any atom is -0.395 e. The molecule has 3 heteroatoms. The van der Waals surface area contributed by atoms with Gasteiger partial charge in [0.15, 0.2) is 0 Å². The third-order valence-electron chi connectivity index (χ3n) is 3.91. The van der Waals surface area contributed by atoms with Crippen LogP contribution >= 0.6 is 0 Å². The molecular formula is C12H24N2O. The van der Waals surface area contributed by atoms with Crippen LogP contribution in [0.4, 0.5) is 0 Å². The number of rotatable bonds is 3. The lowest BCUT2D eigenvalue weighted by atomic mass is 9.94. The summed E-state index contributed by atoms with van der Waals surface area (Å²) in [6.45, 7) is 5.89. The van der Waals surface area contributed by atoms with Gasteiger partial charge < -0.3 is 5.11 Å². The van der Waals surface area contributed by atoms with Crippen molar-refractivity contribution in [3.8, 4) is 0 Å². The van der Waals surface area contributed by atoms with E-state index in [1.165, 1.54) is 45.2 Å². The van der Waals surface area contributed by atoms with Crippen LogP contribution in [0.5, 0.6) is 0 Å². The van der Waals surface area contributed by atoms with Crippen molar-refractivity contribution in [1.82, 2.24) is 9.80 Å². The third kappa shape index (κ3) is 3.16. The molecule has 15 heavy (non-hydrogen) atoms. The van der Waals surface area contributed by atoms with Crippen molar-refractivity contribution in [2.24, 2.45) is 0 Å². The standard InChI is InChI=1S/C12H24N2O/c15-11-10-13-6-8-14(9-7-13)12-4-2-1-3-5-12/h12,15H,1-11H2. The average molecular weight is 212 g/mol. The highest BCUT2D eigenvalue weighted by molar-refractivity contribution is 4.80. The maximum absolute atomic E-state index is 8.88. The fraction of sp³-hybridized carbons (Fsp3) is 1.00. The van der Waals surface area contributed by atoms with Crippen molar-refractivity contribution >= 4 is 0 Å². The zero-order valence-electron chi connectivity index (χ0n) is 9.70. The number of aliphatic hydroxyl groups excluding tert-OH is 1. The Balaban J connectivity index is 1.72. The first-order chi connectivity index (χ1) is 7.40. The SMILES string of the molecule is OCCN1CCN(C2CCCCC2)CC1. The molecule has 2 aliphatic rings. The number of β-amino-alcohol motifs (C(OH)–C–C–N with tert-alkyl or cyclic N) is 1. The van der Waals surface area contributed by atoms with E-state index in [1.807, 2.05) is 0 Å². The van der Waals surface area contributed by atoms with Gasteiger partial charge in [-0.15, -0.1) is 0 Å². The monoisotopic (exact) mass is 212 g/mol. The predicted octanol–water partition coefficient (Wildman–Crippen LogP) is 0.929. The van der Waals surface area contributed by atoms with Crippen LogP contribution in [0.1, 0.15) is 32.1 Å². The van der Waals surface area contributed by atoms with E-state index in [0.29, 0.717) is 6.61 Å². The Bertz CT molecular complexity index is 172. The second kappa shape index (κ2) is 5.83. The lowest BCUT2D eigenvalue weighted by molar-refractivity contribution is 0.0697. The van der Waals surface area contributed by atoms with E-state index in [1.54, 1.807) is 0 Å². The van der Waals surface area contributed by atoms with Crippen LogP contribution in [-0.4, -0.2) is 60.3 Å². The zero-order valence-corrected chi connectivity index (χ0v) is 9.70. The smallest absolute Gasteiger partial charge is 0.0558 e. The first kappa shape index (κ1) is 11.4. The van der Waals surface area contributed by atoms with Crippen LogP contribution in [0.2, 0.25) is 0 Å². The Labute approximate surface area is 93.1 Å². The molecule has 1 saturated carbocycles. The van der Waals surface area contributed by atoms with Crippen molar-refractivity contribution in [3.63, 3.8) is 0 Å². The highest BCUT2D eigenvalue weighted by atomic mass is 16.3. The largest absolute Gasteiger partial charge is 0.395 e. The minimum absolute atomic E-state index is 0.309. The lowest BCUT2D eigenvalue weighted by Crippen LogP contribution is -2.51. The van der Waals surface area contributed by atoms with Gasteiger partial charge in [0.1, 0.15) is 0 Å². The van der Waals surface area contributed by atoms with E-state index >= 15 is 0 Å². The molecule has 1 aliphatic carbocycles. The van der Waals surface area contributed by atoms with E-state index < -0.39 is 0 Å². The Hall–Kier alpha value is -0.120. The molecule has 0 aromatic heterocycles. The van der Waals surface area contributed by atoms with Crippen molar-refractivity contribution in [3.05, 3.63) is 0 Å². The normalized spacial score (nSPS) is 27.0. The first-order valence-corrected chi connectivity index (χ1v) is 6.47. The molecule has 0 spiro atoms. The van der Waals surface area contributed by atoms with Gasteiger partial charge in [0.25, 0.3) is 0 Å². The molecule has 0 radical (unpaired) electrons. The van der Waals surface area contributed by atoms with Gasteiger partial charge in [-0.3, -0.25) is 9.80 Å². The maximum atomic E-state index is 8.88. The van der Waals surface area contributed by atoms with Crippen LogP contribution < -0.4 is 0 Å². The van der Waals surface area contributed by atoms with Gasteiger partial charge in [-0.2, -0.15) is 0 Å². The number of nitrogens with zero attached hydrogens (tertiary/aromatic N) is 2. The molecule has 0 atom stereocenters. The third-order valence-corrected chi connectivity index (χ3v) is 3.91. The van der Waals surface area contributed by atoms with Gasteiger partial charge in [-0.1, -0.05) is 19.3 Å². The zero-order chi connectivity index (χ0) is 10.5. The number of hydrogen-bond acceptors (Lipinski definition) is 3.